The van der Waals surface area contributed by atoms with Crippen LogP contribution in [0, 0.1) is 55.7 Å². The largest absolute Gasteiger partial charge is 0.396 e. The molecule has 1 saturated carbocycles. The van der Waals surface area contributed by atoms with E-state index in [9.17, 15) is 10.2 Å². The van der Waals surface area contributed by atoms with E-state index >= 15 is 0 Å². The van der Waals surface area contributed by atoms with Gasteiger partial charge in [0.15, 0.2) is 0 Å². The summed E-state index contributed by atoms with van der Waals surface area (Å²) in [5, 5.41) is 71.1. The van der Waals surface area contributed by atoms with Crippen LogP contribution >= 0.6 is 0 Å². The van der Waals surface area contributed by atoms with Gasteiger partial charge < -0.3 is 40.9 Å². The molecule has 8 heteroatoms. The minimum Gasteiger partial charge on any atom is -0.396 e. The smallest absolute Gasteiger partial charge is 0.0596 e. The Labute approximate surface area is 416 Å². The second kappa shape index (κ2) is 38.4. The molecule has 0 saturated heterocycles. The fraction of sp³-hybridized carbons (Fsp3) is 1.00. The third kappa shape index (κ3) is 90.2. The molecule has 0 spiro atoms. The Morgan fingerprint density at radius 3 is 0.864 bits per heavy atom. The van der Waals surface area contributed by atoms with E-state index in [1.165, 1.54) is 19.3 Å². The molecule has 1 aliphatic rings. The Balaban J connectivity index is -0.000000121. The number of hydrogen-bond acceptors (Lipinski definition) is 8. The molecular formula is C58H130O8. The highest BCUT2D eigenvalue weighted by molar-refractivity contribution is 4.92. The van der Waals surface area contributed by atoms with Crippen LogP contribution in [-0.2, 0) is 0 Å². The summed E-state index contributed by atoms with van der Waals surface area (Å²) in [4.78, 5) is 0. The standard InChI is InChI=1S/C8H16O.2C8H18O.4C7H16O.C6H14O/c1-7(2)5-8(6-9)3-4-8;1-7(2,3)6-8(4,5)9;1-5-7(9)6-8(2,3)4;2*1-6(8)5-7(2,3)4;1-7(2,3)5-4-6-8;1-5(2)6(3)7(4)8;1-6(2,3)4-5-7/h7,9H,3-6H2,1-2H3;9H,6H2,1-5H3;7,9H,5-6H2,1-4H3;2*6,8H,5H2,1-4H3;8H,4-6H2,1-3H3;5-8H,1-4H3;7H,4-5H2,1-3H3. The first kappa shape index (κ1) is 79.8. The second-order valence-electron chi connectivity index (χ2n) is 28.6. The van der Waals surface area contributed by atoms with Gasteiger partial charge in [0.25, 0.3) is 0 Å². The van der Waals surface area contributed by atoms with Gasteiger partial charge in [0.1, 0.15) is 0 Å². The molecule has 0 bridgehead atoms. The summed E-state index contributed by atoms with van der Waals surface area (Å²) in [6.07, 6.45) is 10.5. The van der Waals surface area contributed by atoms with E-state index in [0.717, 1.165) is 57.3 Å². The van der Waals surface area contributed by atoms with Crippen molar-refractivity contribution >= 4 is 0 Å². The highest BCUT2D eigenvalue weighted by atomic mass is 16.3. The first-order valence-electron chi connectivity index (χ1n) is 26.1. The molecule has 0 aromatic rings. The molecule has 1 rings (SSSR count). The quantitative estimate of drug-likeness (QED) is 0.0905. The van der Waals surface area contributed by atoms with Crippen molar-refractivity contribution in [3.05, 3.63) is 0 Å². The van der Waals surface area contributed by atoms with Gasteiger partial charge in [0.05, 0.1) is 30.0 Å². The molecule has 0 amide bonds. The minimum absolute atomic E-state index is 0.106. The Hall–Kier alpha value is -0.320. The lowest BCUT2D eigenvalue weighted by Crippen LogP contribution is -2.25. The maximum atomic E-state index is 9.35. The van der Waals surface area contributed by atoms with Gasteiger partial charge >= 0.3 is 0 Å². The van der Waals surface area contributed by atoms with Crippen molar-refractivity contribution in [2.45, 2.75) is 301 Å². The number of aliphatic hydroxyl groups excluding tert-OH is 7. The molecule has 410 valence electrons. The lowest BCUT2D eigenvalue weighted by Gasteiger charge is -2.27. The fourth-order valence-electron chi connectivity index (χ4n) is 6.89. The van der Waals surface area contributed by atoms with E-state index in [2.05, 4.69) is 159 Å². The Bertz CT molecular complexity index is 971. The van der Waals surface area contributed by atoms with E-state index in [0.29, 0.717) is 47.9 Å². The summed E-state index contributed by atoms with van der Waals surface area (Å²) in [5.74, 6) is 1.77. The van der Waals surface area contributed by atoms with Gasteiger partial charge in [-0.15, -0.1) is 0 Å². The molecule has 8 N–H and O–H groups in total. The zero-order chi connectivity index (χ0) is 54.9. The first-order chi connectivity index (χ1) is 28.9. The van der Waals surface area contributed by atoms with Crippen LogP contribution in [-0.4, -0.2) is 90.7 Å². The SMILES string of the molecule is CC(C)(C)CC(C)(C)O.CC(C)(C)CCCO.CC(C)(C)CCO.CC(C)C(C)C(C)O.CC(C)CC1(CO)CC1.CC(O)CC(C)(C)C.CC(O)CC(C)(C)C.CCC(O)CC(C)(C)C. The summed E-state index contributed by atoms with van der Waals surface area (Å²) in [6.45, 7) is 61.4. The van der Waals surface area contributed by atoms with Crippen molar-refractivity contribution in [3.63, 3.8) is 0 Å². The summed E-state index contributed by atoms with van der Waals surface area (Å²) >= 11 is 0. The third-order valence-corrected chi connectivity index (χ3v) is 9.99. The van der Waals surface area contributed by atoms with Crippen LogP contribution in [0.4, 0.5) is 0 Å². The molecule has 0 radical (unpaired) electrons. The molecule has 66 heavy (non-hydrogen) atoms. The molecule has 5 atom stereocenters. The molecule has 1 fully saturated rings. The van der Waals surface area contributed by atoms with Crippen LogP contribution in [0.15, 0.2) is 0 Å². The highest BCUT2D eigenvalue weighted by Crippen LogP contribution is 2.49. The fourth-order valence-corrected chi connectivity index (χ4v) is 6.89. The summed E-state index contributed by atoms with van der Waals surface area (Å²) in [6, 6.07) is 0. The van der Waals surface area contributed by atoms with E-state index < -0.39 is 5.60 Å². The van der Waals surface area contributed by atoms with Crippen LogP contribution < -0.4 is 0 Å². The second-order valence-corrected chi connectivity index (χ2v) is 28.6. The van der Waals surface area contributed by atoms with E-state index in [1.807, 2.05) is 41.5 Å². The maximum Gasteiger partial charge on any atom is 0.0596 e. The molecule has 0 aromatic heterocycles. The van der Waals surface area contributed by atoms with Gasteiger partial charge in [-0.2, -0.15) is 0 Å². The molecule has 0 aromatic carbocycles. The molecule has 8 nitrogen and oxygen atoms in total. The van der Waals surface area contributed by atoms with Gasteiger partial charge in [-0.05, 0) is 161 Å². The predicted octanol–water partition coefficient (Wildman–Crippen LogP) is 14.7. The van der Waals surface area contributed by atoms with Crippen LogP contribution in [0.3, 0.4) is 0 Å². The lowest BCUT2D eigenvalue weighted by molar-refractivity contribution is 0.0370. The molecule has 1 aliphatic carbocycles. The lowest BCUT2D eigenvalue weighted by atomic mass is 9.84. The van der Waals surface area contributed by atoms with Crippen LogP contribution in [0.5, 0.6) is 0 Å². The van der Waals surface area contributed by atoms with E-state index in [4.69, 9.17) is 30.6 Å². The van der Waals surface area contributed by atoms with E-state index in [-0.39, 0.29) is 46.1 Å². The minimum atomic E-state index is -0.516. The molecule has 0 heterocycles. The van der Waals surface area contributed by atoms with Crippen molar-refractivity contribution < 1.29 is 40.9 Å². The Kier molecular flexibility index (Phi) is 46.4. The Morgan fingerprint density at radius 2 is 0.818 bits per heavy atom. The number of rotatable bonds is 13. The summed E-state index contributed by atoms with van der Waals surface area (Å²) < 4.78 is 0. The Morgan fingerprint density at radius 1 is 0.470 bits per heavy atom. The topological polar surface area (TPSA) is 162 Å². The highest BCUT2D eigenvalue weighted by Gasteiger charge is 2.41. The van der Waals surface area contributed by atoms with Crippen molar-refractivity contribution in [2.24, 2.45) is 55.7 Å². The summed E-state index contributed by atoms with van der Waals surface area (Å²) in [5.41, 5.74) is 1.60. The van der Waals surface area contributed by atoms with Crippen molar-refractivity contribution in [1.82, 2.24) is 0 Å². The normalized spacial score (nSPS) is 16.0. The van der Waals surface area contributed by atoms with Gasteiger partial charge in [0, 0.05) is 19.8 Å². The number of hydrogen-bond donors (Lipinski definition) is 8. The average Bonchev–Trinajstić information content (AvgIpc) is 3.78. The van der Waals surface area contributed by atoms with Gasteiger partial charge in [0.2, 0.25) is 0 Å². The first-order valence-corrected chi connectivity index (χ1v) is 26.1. The molecular weight excluding hydrogens is 825 g/mol. The molecule has 0 aliphatic heterocycles. The number of aliphatic hydroxyl groups is 8. The van der Waals surface area contributed by atoms with Crippen LogP contribution in [0.1, 0.15) is 271 Å². The zero-order valence-electron chi connectivity index (χ0n) is 50.5. The monoisotopic (exact) mass is 955 g/mol. The van der Waals surface area contributed by atoms with Gasteiger partial charge in [-0.25, -0.2) is 0 Å². The average molecular weight is 956 g/mol. The third-order valence-electron chi connectivity index (χ3n) is 9.99. The van der Waals surface area contributed by atoms with Gasteiger partial charge in [-0.3, -0.25) is 0 Å². The molecule has 5 unspecified atom stereocenters. The zero-order valence-corrected chi connectivity index (χ0v) is 50.5. The van der Waals surface area contributed by atoms with Crippen molar-refractivity contribution in [3.8, 4) is 0 Å². The van der Waals surface area contributed by atoms with E-state index in [1.54, 1.807) is 0 Å². The van der Waals surface area contributed by atoms with Crippen molar-refractivity contribution in [1.29, 1.82) is 0 Å². The predicted molar refractivity (Wildman–Crippen MR) is 293 cm³/mol. The maximum absolute atomic E-state index is 9.35. The van der Waals surface area contributed by atoms with Crippen LogP contribution in [0.25, 0.3) is 0 Å². The van der Waals surface area contributed by atoms with Crippen molar-refractivity contribution in [2.75, 3.05) is 19.8 Å². The summed E-state index contributed by atoms with van der Waals surface area (Å²) in [7, 11) is 0. The van der Waals surface area contributed by atoms with Gasteiger partial charge in [-0.1, -0.05) is 166 Å². The van der Waals surface area contributed by atoms with Crippen LogP contribution in [0.2, 0.25) is 0 Å².